The van der Waals surface area contributed by atoms with Crippen molar-refractivity contribution in [3.05, 3.63) is 0 Å². The van der Waals surface area contributed by atoms with Crippen LogP contribution in [0.25, 0.3) is 0 Å². The molecular weight excluding hydrogens is 234 g/mol. The zero-order chi connectivity index (χ0) is 13.7. The van der Waals surface area contributed by atoms with Crippen molar-refractivity contribution in [1.29, 1.82) is 5.26 Å². The standard InChI is InChI=1S/C12H19N3O3/c1-9(2)14(8-4-6-13)12(18)15-7-3-5-10(15)11(16)17/h9-10H,3-5,7-8H2,1-2H3,(H,16,17). The van der Waals surface area contributed by atoms with Crippen molar-refractivity contribution in [3.8, 4) is 6.07 Å². The molecule has 0 aromatic rings. The minimum Gasteiger partial charge on any atom is -0.480 e. The van der Waals surface area contributed by atoms with Gasteiger partial charge in [-0.3, -0.25) is 0 Å². The number of carbonyl (C=O) groups excluding carboxylic acids is 1. The second kappa shape index (κ2) is 6.24. The van der Waals surface area contributed by atoms with E-state index in [9.17, 15) is 9.59 Å². The number of nitriles is 1. The lowest BCUT2D eigenvalue weighted by Gasteiger charge is -2.32. The van der Waals surface area contributed by atoms with E-state index >= 15 is 0 Å². The molecule has 1 atom stereocenters. The van der Waals surface area contributed by atoms with Crippen molar-refractivity contribution in [2.24, 2.45) is 0 Å². The average molecular weight is 253 g/mol. The highest BCUT2D eigenvalue weighted by Crippen LogP contribution is 2.20. The molecule has 18 heavy (non-hydrogen) atoms. The van der Waals surface area contributed by atoms with E-state index in [-0.39, 0.29) is 18.5 Å². The van der Waals surface area contributed by atoms with Crippen LogP contribution in [0, 0.1) is 11.3 Å². The van der Waals surface area contributed by atoms with Gasteiger partial charge < -0.3 is 14.9 Å². The van der Waals surface area contributed by atoms with E-state index < -0.39 is 12.0 Å². The molecule has 1 heterocycles. The van der Waals surface area contributed by atoms with E-state index in [0.717, 1.165) is 0 Å². The van der Waals surface area contributed by atoms with Crippen LogP contribution in [-0.4, -0.2) is 52.1 Å². The fraction of sp³-hybridized carbons (Fsp3) is 0.750. The molecule has 6 heteroatoms. The number of carbonyl (C=O) groups is 2. The van der Waals surface area contributed by atoms with E-state index in [1.165, 1.54) is 4.90 Å². The van der Waals surface area contributed by atoms with Crippen LogP contribution in [0.15, 0.2) is 0 Å². The highest BCUT2D eigenvalue weighted by atomic mass is 16.4. The number of carboxylic acid groups (broad SMARTS) is 1. The summed E-state index contributed by atoms with van der Waals surface area (Å²) < 4.78 is 0. The minimum absolute atomic E-state index is 0.0408. The number of hydrogen-bond donors (Lipinski definition) is 1. The molecule has 1 unspecified atom stereocenters. The maximum atomic E-state index is 12.3. The van der Waals surface area contributed by atoms with Gasteiger partial charge in [0, 0.05) is 19.1 Å². The van der Waals surface area contributed by atoms with Crippen LogP contribution in [0.1, 0.15) is 33.1 Å². The maximum absolute atomic E-state index is 12.3. The number of likely N-dealkylation sites (tertiary alicyclic amines) is 1. The molecule has 1 aliphatic rings. The molecule has 1 aliphatic heterocycles. The summed E-state index contributed by atoms with van der Waals surface area (Å²) >= 11 is 0. The topological polar surface area (TPSA) is 84.6 Å². The Labute approximate surface area is 107 Å². The van der Waals surface area contributed by atoms with Gasteiger partial charge in [0.25, 0.3) is 0 Å². The lowest BCUT2D eigenvalue weighted by Crippen LogP contribution is -2.50. The van der Waals surface area contributed by atoms with Crippen molar-refractivity contribution < 1.29 is 14.7 Å². The predicted octanol–water partition coefficient (Wildman–Crippen LogP) is 1.28. The van der Waals surface area contributed by atoms with Gasteiger partial charge in [-0.05, 0) is 26.7 Å². The summed E-state index contributed by atoms with van der Waals surface area (Å²) in [7, 11) is 0. The van der Waals surface area contributed by atoms with Crippen LogP contribution in [0.4, 0.5) is 4.79 Å². The van der Waals surface area contributed by atoms with E-state index in [0.29, 0.717) is 25.9 Å². The molecule has 0 bridgehead atoms. The molecular formula is C12H19N3O3. The molecule has 1 rings (SSSR count). The number of carboxylic acids is 1. The normalized spacial score (nSPS) is 18.8. The lowest BCUT2D eigenvalue weighted by atomic mass is 10.2. The Balaban J connectivity index is 2.76. The van der Waals surface area contributed by atoms with E-state index in [2.05, 4.69) is 0 Å². The fourth-order valence-electron chi connectivity index (χ4n) is 2.16. The summed E-state index contributed by atoms with van der Waals surface area (Å²) in [5, 5.41) is 17.7. The lowest BCUT2D eigenvalue weighted by molar-refractivity contribution is -0.141. The zero-order valence-electron chi connectivity index (χ0n) is 10.8. The first-order chi connectivity index (χ1) is 8.49. The van der Waals surface area contributed by atoms with E-state index in [1.807, 2.05) is 19.9 Å². The Kier molecular flexibility index (Phi) is 4.95. The Bertz CT molecular complexity index is 362. The number of nitrogens with zero attached hydrogens (tertiary/aromatic N) is 3. The van der Waals surface area contributed by atoms with Crippen LogP contribution in [-0.2, 0) is 4.79 Å². The summed E-state index contributed by atoms with van der Waals surface area (Å²) in [5.74, 6) is -0.954. The third kappa shape index (κ3) is 3.13. The van der Waals surface area contributed by atoms with Crippen LogP contribution in [0.2, 0.25) is 0 Å². The van der Waals surface area contributed by atoms with Crippen LogP contribution in [0.5, 0.6) is 0 Å². The molecule has 0 radical (unpaired) electrons. The minimum atomic E-state index is -0.954. The highest BCUT2D eigenvalue weighted by molar-refractivity contribution is 5.83. The van der Waals surface area contributed by atoms with Crippen LogP contribution < -0.4 is 0 Å². The predicted molar refractivity (Wildman–Crippen MR) is 64.8 cm³/mol. The molecule has 1 fully saturated rings. The molecule has 2 amide bonds. The van der Waals surface area contributed by atoms with Gasteiger partial charge in [-0.25, -0.2) is 9.59 Å². The van der Waals surface area contributed by atoms with Crippen LogP contribution in [0.3, 0.4) is 0 Å². The molecule has 0 aromatic heterocycles. The second-order valence-electron chi connectivity index (χ2n) is 4.67. The van der Waals surface area contributed by atoms with Gasteiger partial charge in [0.2, 0.25) is 0 Å². The largest absolute Gasteiger partial charge is 0.480 e. The Hall–Kier alpha value is -1.77. The number of hydrogen-bond acceptors (Lipinski definition) is 3. The quantitative estimate of drug-likeness (QED) is 0.817. The van der Waals surface area contributed by atoms with Gasteiger partial charge >= 0.3 is 12.0 Å². The molecule has 0 spiro atoms. The molecule has 1 saturated heterocycles. The fourth-order valence-corrected chi connectivity index (χ4v) is 2.16. The van der Waals surface area contributed by atoms with Gasteiger partial charge in [0.05, 0.1) is 12.5 Å². The molecule has 1 N–H and O–H groups in total. The van der Waals surface area contributed by atoms with E-state index in [1.54, 1.807) is 4.90 Å². The third-order valence-corrected chi connectivity index (χ3v) is 3.12. The van der Waals surface area contributed by atoms with Gasteiger partial charge in [0.1, 0.15) is 6.04 Å². The van der Waals surface area contributed by atoms with Gasteiger partial charge in [-0.15, -0.1) is 0 Å². The molecule has 0 aliphatic carbocycles. The summed E-state index contributed by atoms with van der Waals surface area (Å²) in [6.07, 6.45) is 1.48. The van der Waals surface area contributed by atoms with E-state index in [4.69, 9.17) is 10.4 Å². The first-order valence-electron chi connectivity index (χ1n) is 6.16. The molecule has 0 saturated carbocycles. The van der Waals surface area contributed by atoms with Crippen molar-refractivity contribution in [1.82, 2.24) is 9.80 Å². The number of urea groups is 1. The Morgan fingerprint density at radius 1 is 1.56 bits per heavy atom. The first-order valence-corrected chi connectivity index (χ1v) is 6.16. The smallest absolute Gasteiger partial charge is 0.326 e. The van der Waals surface area contributed by atoms with Gasteiger partial charge in [-0.2, -0.15) is 5.26 Å². The summed E-state index contributed by atoms with van der Waals surface area (Å²) in [6, 6.07) is 0.968. The first kappa shape index (κ1) is 14.3. The SMILES string of the molecule is CC(C)N(CCC#N)C(=O)N1CCCC1C(=O)O. The zero-order valence-corrected chi connectivity index (χ0v) is 10.8. The van der Waals surface area contributed by atoms with Crippen molar-refractivity contribution >= 4 is 12.0 Å². The monoisotopic (exact) mass is 253 g/mol. The molecule has 100 valence electrons. The Morgan fingerprint density at radius 3 is 2.72 bits per heavy atom. The third-order valence-electron chi connectivity index (χ3n) is 3.12. The van der Waals surface area contributed by atoms with Crippen molar-refractivity contribution in [3.63, 3.8) is 0 Å². The van der Waals surface area contributed by atoms with Gasteiger partial charge in [0.15, 0.2) is 0 Å². The number of rotatable bonds is 4. The van der Waals surface area contributed by atoms with Gasteiger partial charge in [-0.1, -0.05) is 0 Å². The molecule has 0 aromatic carbocycles. The summed E-state index contributed by atoms with van der Waals surface area (Å²) in [4.78, 5) is 26.3. The Morgan fingerprint density at radius 2 is 2.22 bits per heavy atom. The second-order valence-corrected chi connectivity index (χ2v) is 4.67. The van der Waals surface area contributed by atoms with Crippen LogP contribution >= 0.6 is 0 Å². The average Bonchev–Trinajstić information content (AvgIpc) is 2.77. The maximum Gasteiger partial charge on any atom is 0.326 e. The summed E-state index contributed by atoms with van der Waals surface area (Å²) in [6.45, 7) is 4.55. The van der Waals surface area contributed by atoms with Crippen molar-refractivity contribution in [2.45, 2.75) is 45.2 Å². The molecule has 6 nitrogen and oxygen atoms in total. The summed E-state index contributed by atoms with van der Waals surface area (Å²) in [5.41, 5.74) is 0. The van der Waals surface area contributed by atoms with Crippen molar-refractivity contribution in [2.75, 3.05) is 13.1 Å². The number of amides is 2. The number of aliphatic carboxylic acids is 1. The highest BCUT2D eigenvalue weighted by Gasteiger charge is 2.36.